The highest BCUT2D eigenvalue weighted by atomic mass is 35.5. The minimum Gasteiger partial charge on any atom is -0.466 e. The van der Waals surface area contributed by atoms with E-state index in [1.54, 1.807) is 49.1 Å². The molecule has 4 rings (SSSR count). The zero-order valence-corrected chi connectivity index (χ0v) is 22.7. The van der Waals surface area contributed by atoms with E-state index in [-0.39, 0.29) is 52.7 Å². The third-order valence-corrected chi connectivity index (χ3v) is 7.64. The molecule has 0 bridgehead atoms. The van der Waals surface area contributed by atoms with Gasteiger partial charge in [0.05, 0.1) is 31.8 Å². The summed E-state index contributed by atoms with van der Waals surface area (Å²) in [6, 6.07) is 5.88. The SMILES string of the molecule is CCOC(=O)Cc1cnn(C/C=C2\CN(C(C(=O)C3CC3)c3ccccc3F)CCC2SC(C)=O)c1.Cl. The molecule has 1 aliphatic carbocycles. The summed E-state index contributed by atoms with van der Waals surface area (Å²) >= 11 is 1.29. The van der Waals surface area contributed by atoms with Gasteiger partial charge in [0.1, 0.15) is 5.82 Å². The van der Waals surface area contributed by atoms with Crippen LogP contribution < -0.4 is 0 Å². The van der Waals surface area contributed by atoms with E-state index in [2.05, 4.69) is 10.00 Å². The molecular weight excluding hydrogens is 517 g/mol. The summed E-state index contributed by atoms with van der Waals surface area (Å²) in [5.74, 6) is -0.593. The molecule has 7 nitrogen and oxygen atoms in total. The van der Waals surface area contributed by atoms with Crippen LogP contribution in [0, 0.1) is 11.7 Å². The second-order valence-corrected chi connectivity index (χ2v) is 10.7. The first kappa shape index (κ1) is 29.1. The van der Waals surface area contributed by atoms with Gasteiger partial charge < -0.3 is 4.74 Å². The van der Waals surface area contributed by atoms with Crippen LogP contribution in [0.2, 0.25) is 0 Å². The molecule has 10 heteroatoms. The highest BCUT2D eigenvalue weighted by Gasteiger charge is 2.41. The number of likely N-dealkylation sites (tertiary alicyclic amines) is 1. The fraction of sp³-hybridized carbons (Fsp3) is 0.481. The van der Waals surface area contributed by atoms with Gasteiger partial charge in [-0.05, 0) is 37.8 Å². The number of piperidine rings is 1. The zero-order valence-electron chi connectivity index (χ0n) is 21.1. The van der Waals surface area contributed by atoms with Gasteiger partial charge in [-0.1, -0.05) is 36.0 Å². The van der Waals surface area contributed by atoms with Crippen molar-refractivity contribution >= 4 is 41.0 Å². The molecule has 200 valence electrons. The van der Waals surface area contributed by atoms with Gasteiger partial charge in [-0.3, -0.25) is 24.0 Å². The Morgan fingerprint density at radius 1 is 1.24 bits per heavy atom. The molecule has 2 aliphatic rings. The Bertz CT molecular complexity index is 1150. The lowest BCUT2D eigenvalue weighted by atomic mass is 9.93. The van der Waals surface area contributed by atoms with E-state index in [4.69, 9.17) is 4.74 Å². The van der Waals surface area contributed by atoms with E-state index in [9.17, 15) is 18.8 Å². The minimum absolute atomic E-state index is 0. The number of ether oxygens (including phenoxy) is 1. The number of thioether (sulfide) groups is 1. The van der Waals surface area contributed by atoms with Gasteiger partial charge in [-0.2, -0.15) is 5.10 Å². The van der Waals surface area contributed by atoms with Gasteiger partial charge in [0.2, 0.25) is 0 Å². The number of ketones is 1. The zero-order chi connectivity index (χ0) is 25.7. The van der Waals surface area contributed by atoms with Crippen molar-refractivity contribution in [1.29, 1.82) is 0 Å². The molecule has 0 spiro atoms. The van der Waals surface area contributed by atoms with Crippen LogP contribution in [-0.4, -0.2) is 56.5 Å². The van der Waals surface area contributed by atoms with Gasteiger partial charge in [0.25, 0.3) is 0 Å². The summed E-state index contributed by atoms with van der Waals surface area (Å²) in [6.45, 7) is 5.20. The van der Waals surface area contributed by atoms with Crippen LogP contribution >= 0.6 is 24.2 Å². The van der Waals surface area contributed by atoms with E-state index < -0.39 is 6.04 Å². The molecule has 0 radical (unpaired) electrons. The molecule has 0 N–H and O–H groups in total. The lowest BCUT2D eigenvalue weighted by Crippen LogP contribution is -2.43. The van der Waals surface area contributed by atoms with Gasteiger partial charge in [0, 0.05) is 48.5 Å². The Kier molecular flexibility index (Phi) is 10.5. The largest absolute Gasteiger partial charge is 0.466 e. The summed E-state index contributed by atoms with van der Waals surface area (Å²) in [6.07, 6.45) is 8.05. The van der Waals surface area contributed by atoms with Gasteiger partial charge in [-0.15, -0.1) is 12.4 Å². The number of allylic oxidation sites excluding steroid dienone is 1. The Morgan fingerprint density at radius 3 is 2.68 bits per heavy atom. The third kappa shape index (κ3) is 7.75. The monoisotopic (exact) mass is 549 g/mol. The standard InChI is InChI=1S/C27H32FN3O4S.ClH/c1-3-35-25(33)14-19-15-29-31(16-19)13-10-21-17-30(12-11-24(21)36-18(2)32)26(27(34)20-8-9-20)22-6-4-5-7-23(22)28;/h4-7,10,15-16,20,24,26H,3,8-9,11-14,17H2,1-2H3;1H/b21-10+;. The van der Waals surface area contributed by atoms with Crippen molar-refractivity contribution in [1.82, 2.24) is 14.7 Å². The van der Waals surface area contributed by atoms with E-state index in [0.29, 0.717) is 38.2 Å². The topological polar surface area (TPSA) is 81.5 Å². The van der Waals surface area contributed by atoms with Crippen LogP contribution in [0.5, 0.6) is 0 Å². The molecule has 1 aromatic carbocycles. The summed E-state index contributed by atoms with van der Waals surface area (Å²) in [5, 5.41) is 4.37. The predicted molar refractivity (Wildman–Crippen MR) is 143 cm³/mol. The van der Waals surface area contributed by atoms with Crippen molar-refractivity contribution in [3.05, 3.63) is 65.3 Å². The van der Waals surface area contributed by atoms with E-state index in [1.807, 2.05) is 6.08 Å². The van der Waals surface area contributed by atoms with E-state index in [1.165, 1.54) is 17.8 Å². The van der Waals surface area contributed by atoms with Crippen molar-refractivity contribution in [3.63, 3.8) is 0 Å². The molecule has 37 heavy (non-hydrogen) atoms. The quantitative estimate of drug-likeness (QED) is 0.317. The smallest absolute Gasteiger partial charge is 0.310 e. The molecule has 0 amide bonds. The number of esters is 1. The van der Waals surface area contributed by atoms with Crippen LogP contribution in [0.25, 0.3) is 0 Å². The normalized spacial score (nSPS) is 19.8. The molecule has 2 unspecified atom stereocenters. The first-order valence-electron chi connectivity index (χ1n) is 12.4. The summed E-state index contributed by atoms with van der Waals surface area (Å²) in [5.41, 5.74) is 2.21. The highest BCUT2D eigenvalue weighted by molar-refractivity contribution is 8.14. The summed E-state index contributed by atoms with van der Waals surface area (Å²) in [7, 11) is 0. The van der Waals surface area contributed by atoms with Crippen molar-refractivity contribution < 1.29 is 23.5 Å². The molecule has 1 aromatic heterocycles. The number of aromatic nitrogens is 2. The molecule has 2 fully saturated rings. The van der Waals surface area contributed by atoms with Crippen LogP contribution in [0.1, 0.15) is 50.3 Å². The predicted octanol–water partition coefficient (Wildman–Crippen LogP) is 4.55. The lowest BCUT2D eigenvalue weighted by molar-refractivity contribution is -0.142. The average molecular weight is 550 g/mol. The Morgan fingerprint density at radius 2 is 2.00 bits per heavy atom. The van der Waals surface area contributed by atoms with Crippen LogP contribution in [0.15, 0.2) is 48.3 Å². The fourth-order valence-corrected chi connectivity index (χ4v) is 5.59. The molecule has 2 aromatic rings. The molecule has 1 saturated heterocycles. The number of benzene rings is 1. The Balaban J connectivity index is 0.00000380. The van der Waals surface area contributed by atoms with Crippen LogP contribution in [-0.2, 0) is 32.1 Å². The van der Waals surface area contributed by atoms with Crippen molar-refractivity contribution in [3.8, 4) is 0 Å². The molecule has 2 atom stereocenters. The third-order valence-electron chi connectivity index (χ3n) is 6.48. The van der Waals surface area contributed by atoms with Crippen LogP contribution in [0.3, 0.4) is 0 Å². The number of rotatable bonds is 10. The van der Waals surface area contributed by atoms with Crippen molar-refractivity contribution in [2.24, 2.45) is 5.92 Å². The number of Topliss-reactive ketones (excluding diaryl/α,β-unsaturated/α-hetero) is 1. The van der Waals surface area contributed by atoms with E-state index >= 15 is 0 Å². The molecule has 1 aliphatic heterocycles. The second kappa shape index (κ2) is 13.3. The highest BCUT2D eigenvalue weighted by Crippen LogP contribution is 2.40. The van der Waals surface area contributed by atoms with Gasteiger partial charge in [0.15, 0.2) is 10.9 Å². The number of carbonyl (C=O) groups excluding carboxylic acids is 3. The average Bonchev–Trinajstić information content (AvgIpc) is 3.60. The summed E-state index contributed by atoms with van der Waals surface area (Å²) in [4.78, 5) is 39.0. The number of carbonyl (C=O) groups is 3. The Labute approximate surface area is 227 Å². The number of hydrogen-bond donors (Lipinski definition) is 0. The van der Waals surface area contributed by atoms with Crippen molar-refractivity contribution in [2.75, 3.05) is 19.7 Å². The molecule has 1 saturated carbocycles. The van der Waals surface area contributed by atoms with Crippen LogP contribution in [0.4, 0.5) is 4.39 Å². The second-order valence-electron chi connectivity index (χ2n) is 9.29. The Hall–Kier alpha value is -2.49. The molecule has 2 heterocycles. The first-order chi connectivity index (χ1) is 17.4. The lowest BCUT2D eigenvalue weighted by Gasteiger charge is -2.38. The maximum atomic E-state index is 14.8. The van der Waals surface area contributed by atoms with Gasteiger partial charge in [-0.25, -0.2) is 4.39 Å². The van der Waals surface area contributed by atoms with E-state index in [0.717, 1.165) is 24.0 Å². The minimum atomic E-state index is -0.633. The number of hydrogen-bond acceptors (Lipinski definition) is 7. The maximum absolute atomic E-state index is 14.8. The number of halogens is 2. The summed E-state index contributed by atoms with van der Waals surface area (Å²) < 4.78 is 21.5. The maximum Gasteiger partial charge on any atom is 0.310 e. The fourth-order valence-electron chi connectivity index (χ4n) is 4.64. The molecular formula is C27H33ClFN3O4S. The van der Waals surface area contributed by atoms with Crippen molar-refractivity contribution in [2.45, 2.75) is 57.4 Å². The number of nitrogens with zero attached hydrogens (tertiary/aromatic N) is 3. The first-order valence-corrected chi connectivity index (χ1v) is 13.3. The van der Waals surface area contributed by atoms with Gasteiger partial charge >= 0.3 is 5.97 Å².